The molecule has 46 heavy (non-hydrogen) atoms. The third-order valence-electron chi connectivity index (χ3n) is 9.19. The molecule has 1 spiro atoms. The molecule has 0 atom stereocenters. The predicted molar refractivity (Wildman–Crippen MR) is 174 cm³/mol. The summed E-state index contributed by atoms with van der Waals surface area (Å²) in [4.78, 5) is 25.3. The van der Waals surface area contributed by atoms with E-state index < -0.39 is 15.6 Å². The number of ether oxygens (including phenoxy) is 2. The Hall–Kier alpha value is -3.61. The summed E-state index contributed by atoms with van der Waals surface area (Å²) < 4.78 is 46.5. The number of amidine groups is 1. The van der Waals surface area contributed by atoms with E-state index in [-0.39, 0.29) is 29.5 Å². The predicted octanol–water partition coefficient (Wildman–Crippen LogP) is 6.08. The maximum atomic E-state index is 14.3. The molecule has 6 rings (SSSR count). The van der Waals surface area contributed by atoms with Gasteiger partial charge in [0.15, 0.2) is 0 Å². The van der Waals surface area contributed by atoms with Crippen LogP contribution in [-0.2, 0) is 37.4 Å². The first kappa shape index (κ1) is 32.3. The minimum Gasteiger partial charge on any atom is -0.374 e. The van der Waals surface area contributed by atoms with Crippen LogP contribution in [0, 0.1) is 13.8 Å². The largest absolute Gasteiger partial charge is 0.374 e. The van der Waals surface area contributed by atoms with Crippen molar-refractivity contribution in [1.29, 1.82) is 0 Å². The molecule has 12 heteroatoms. The highest BCUT2D eigenvalue weighted by Gasteiger charge is 2.49. The van der Waals surface area contributed by atoms with Gasteiger partial charge in [0.05, 0.1) is 30.6 Å². The number of nitrogens with zero attached hydrogens (tertiary/aromatic N) is 5. The third-order valence-corrected chi connectivity index (χ3v) is 10.9. The lowest BCUT2D eigenvalue weighted by molar-refractivity contribution is -0.131. The molecule has 0 unspecified atom stereocenters. The number of pyridine rings is 1. The number of aromatic nitrogens is 2. The van der Waals surface area contributed by atoms with Gasteiger partial charge in [0.25, 0.3) is 15.9 Å². The number of carbonyl (C=O) groups is 1. The molecule has 2 aliphatic carbocycles. The average Bonchev–Trinajstić information content (AvgIpc) is 3.59. The second-order valence-corrected chi connectivity index (χ2v) is 14.4. The summed E-state index contributed by atoms with van der Waals surface area (Å²) in [7, 11) is -2.78. The van der Waals surface area contributed by atoms with Crippen LogP contribution in [0.2, 0.25) is 0 Å². The molecule has 0 bridgehead atoms. The maximum Gasteiger partial charge on any atom is 0.270 e. The number of benzene rings is 1. The molecule has 1 amide bonds. The number of methoxy groups -OCH3 is 1. The highest BCUT2D eigenvalue weighted by Crippen LogP contribution is 2.41. The highest BCUT2D eigenvalue weighted by atomic mass is 32.2. The van der Waals surface area contributed by atoms with E-state index in [2.05, 4.69) is 17.1 Å². The van der Waals surface area contributed by atoms with Crippen LogP contribution < -0.4 is 4.31 Å². The van der Waals surface area contributed by atoms with Crippen molar-refractivity contribution < 1.29 is 27.2 Å². The van der Waals surface area contributed by atoms with Gasteiger partial charge in [0.1, 0.15) is 23.0 Å². The normalized spacial score (nSPS) is 17.7. The Labute approximate surface area is 271 Å². The molecule has 11 nitrogen and oxygen atoms in total. The topological polar surface area (TPSA) is 127 Å². The van der Waals surface area contributed by atoms with E-state index >= 15 is 0 Å². The van der Waals surface area contributed by atoms with Gasteiger partial charge in [-0.2, -0.15) is 0 Å². The number of amides is 1. The molecule has 246 valence electrons. The second-order valence-electron chi connectivity index (χ2n) is 12.6. The zero-order chi connectivity index (χ0) is 32.5. The number of anilines is 1. The number of hydrogen-bond donors (Lipinski definition) is 0. The number of sulfonamides is 1. The van der Waals surface area contributed by atoms with Crippen LogP contribution in [0.4, 0.5) is 5.88 Å². The first-order valence-corrected chi connectivity index (χ1v) is 17.7. The maximum absolute atomic E-state index is 14.3. The van der Waals surface area contributed by atoms with Crippen molar-refractivity contribution in [3.8, 4) is 11.3 Å². The lowest BCUT2D eigenvalue weighted by Crippen LogP contribution is -2.40. The fraction of sp³-hybridized carbons (Fsp3) is 0.529. The fourth-order valence-corrected chi connectivity index (χ4v) is 7.86. The zero-order valence-corrected chi connectivity index (χ0v) is 27.9. The first-order chi connectivity index (χ1) is 22.2. The summed E-state index contributed by atoms with van der Waals surface area (Å²) in [6.45, 7) is 6.08. The molecule has 2 saturated carbocycles. The summed E-state index contributed by atoms with van der Waals surface area (Å²) in [5.74, 6) is 1.07. The van der Waals surface area contributed by atoms with E-state index in [1.807, 2.05) is 23.1 Å². The van der Waals surface area contributed by atoms with Crippen LogP contribution in [0.3, 0.4) is 0 Å². The van der Waals surface area contributed by atoms with Gasteiger partial charge in [-0.05, 0) is 69.2 Å². The minimum atomic E-state index is -4.20. The molecule has 1 aromatic carbocycles. The van der Waals surface area contributed by atoms with Crippen LogP contribution in [-0.4, -0.2) is 60.7 Å². The van der Waals surface area contributed by atoms with Gasteiger partial charge in [0, 0.05) is 30.9 Å². The van der Waals surface area contributed by atoms with Crippen LogP contribution in [0.5, 0.6) is 0 Å². The Kier molecular flexibility index (Phi) is 9.31. The van der Waals surface area contributed by atoms with Gasteiger partial charge in [-0.1, -0.05) is 49.5 Å². The van der Waals surface area contributed by atoms with Gasteiger partial charge in [0.2, 0.25) is 5.88 Å². The molecule has 0 radical (unpaired) electrons. The molecule has 1 aliphatic heterocycles. The highest BCUT2D eigenvalue weighted by molar-refractivity contribution is 7.93. The second kappa shape index (κ2) is 13.2. The Morgan fingerprint density at radius 2 is 1.93 bits per heavy atom. The van der Waals surface area contributed by atoms with Crippen LogP contribution in [0.15, 0.2) is 50.9 Å². The average molecular weight is 650 g/mol. The molecule has 2 aromatic heterocycles. The summed E-state index contributed by atoms with van der Waals surface area (Å²) in [5.41, 5.74) is 3.26. The number of unbranched alkanes of at least 4 members (excludes halogenated alkanes) is 1. The molecule has 3 heterocycles. The van der Waals surface area contributed by atoms with Gasteiger partial charge < -0.3 is 14.0 Å². The van der Waals surface area contributed by atoms with Crippen molar-refractivity contribution in [3.05, 3.63) is 58.9 Å². The number of hydrogen-bond acceptors (Lipinski definition) is 9. The Morgan fingerprint density at radius 3 is 2.61 bits per heavy atom. The lowest BCUT2D eigenvalue weighted by Gasteiger charge is -2.24. The molecular formula is C34H43N5O6S. The van der Waals surface area contributed by atoms with E-state index in [4.69, 9.17) is 19.0 Å². The Morgan fingerprint density at radius 1 is 1.15 bits per heavy atom. The number of aryl methyl sites for hydroxylation is 1. The van der Waals surface area contributed by atoms with Crippen molar-refractivity contribution >= 4 is 27.7 Å². The van der Waals surface area contributed by atoms with E-state index in [1.165, 1.54) is 7.11 Å². The van der Waals surface area contributed by atoms with Crippen LogP contribution in [0.1, 0.15) is 87.1 Å². The third kappa shape index (κ3) is 6.22. The smallest absolute Gasteiger partial charge is 0.270 e. The number of rotatable bonds is 14. The van der Waals surface area contributed by atoms with E-state index in [0.717, 1.165) is 79.1 Å². The van der Waals surface area contributed by atoms with Crippen molar-refractivity contribution in [2.75, 3.05) is 18.1 Å². The quantitative estimate of drug-likeness (QED) is 0.193. The van der Waals surface area contributed by atoms with Gasteiger partial charge in [-0.3, -0.25) is 19.7 Å². The summed E-state index contributed by atoms with van der Waals surface area (Å²) >= 11 is 0. The summed E-state index contributed by atoms with van der Waals surface area (Å²) in [5, 5.41) is 3.96. The SMILES string of the molecule is CCCCC1=NC2(CCCC2)C(=O)N1Cc1ccc(-c2ncccc2S(=O)(=O)N(COC)c2onc(C)c2C)c(COC2CC2)c1. The molecule has 0 N–H and O–H groups in total. The van der Waals surface area contributed by atoms with Crippen molar-refractivity contribution in [2.24, 2.45) is 4.99 Å². The van der Waals surface area contributed by atoms with Gasteiger partial charge in [-0.15, -0.1) is 0 Å². The van der Waals surface area contributed by atoms with Crippen molar-refractivity contribution in [3.63, 3.8) is 0 Å². The summed E-state index contributed by atoms with van der Waals surface area (Å²) in [6, 6.07) is 9.00. The standard InChI is InChI=1S/C34H43N5O6S/c1-5-6-11-30-36-34(16-7-8-17-34)33(40)38(30)20-25-12-15-28(26(19-25)21-44-27-13-14-27)31-29(10-9-18-35-31)46(41,42)39(22-43-4)32-23(2)24(3)37-45-32/h9-10,12,15,18-19,27H,5-8,11,13-14,16-17,20-22H2,1-4H3. The molecule has 3 aromatic rings. The first-order valence-electron chi connectivity index (χ1n) is 16.2. The van der Waals surface area contributed by atoms with Crippen LogP contribution >= 0.6 is 0 Å². The summed E-state index contributed by atoms with van der Waals surface area (Å²) in [6.07, 6.45) is 10.2. The molecule has 3 aliphatic rings. The van der Waals surface area contributed by atoms with E-state index in [1.54, 1.807) is 32.2 Å². The lowest BCUT2D eigenvalue weighted by atomic mass is 9.97. The Balaban J connectivity index is 1.37. The van der Waals surface area contributed by atoms with Crippen molar-refractivity contribution in [2.45, 2.75) is 108 Å². The number of aliphatic imine (C=N–C) groups is 1. The van der Waals surface area contributed by atoms with Gasteiger partial charge in [-0.25, -0.2) is 12.7 Å². The molecule has 2 fully saturated rings. The van der Waals surface area contributed by atoms with Crippen molar-refractivity contribution in [1.82, 2.24) is 15.0 Å². The molecule has 0 saturated heterocycles. The number of carbonyl (C=O) groups excluding carboxylic acids is 1. The monoisotopic (exact) mass is 649 g/mol. The fourth-order valence-electron chi connectivity index (χ4n) is 6.33. The molecular weight excluding hydrogens is 606 g/mol. The Bertz CT molecular complexity index is 1730. The van der Waals surface area contributed by atoms with Gasteiger partial charge >= 0.3 is 0 Å². The zero-order valence-electron chi connectivity index (χ0n) is 27.1. The van der Waals surface area contributed by atoms with E-state index in [0.29, 0.717) is 35.7 Å². The van der Waals surface area contributed by atoms with Crippen LogP contribution in [0.25, 0.3) is 11.3 Å². The van der Waals surface area contributed by atoms with E-state index in [9.17, 15) is 13.2 Å². The minimum absolute atomic E-state index is 0.00723.